The summed E-state index contributed by atoms with van der Waals surface area (Å²) in [7, 11) is 1.51. The number of aromatic nitrogens is 3. The summed E-state index contributed by atoms with van der Waals surface area (Å²) in [4.78, 5) is 23.7. The fourth-order valence-electron chi connectivity index (χ4n) is 3.16. The van der Waals surface area contributed by atoms with Crippen LogP contribution in [0.1, 0.15) is 31.8 Å². The number of amides is 1. The molecule has 0 unspecified atom stereocenters. The molecule has 31 heavy (non-hydrogen) atoms. The number of hydrogen-bond donors (Lipinski definition) is 3. The van der Waals surface area contributed by atoms with Gasteiger partial charge in [0.05, 0.1) is 31.0 Å². The third-order valence-corrected chi connectivity index (χ3v) is 4.69. The minimum atomic E-state index is -0.977. The number of carboxylic acids is 1. The van der Waals surface area contributed by atoms with Crippen LogP contribution in [0.3, 0.4) is 0 Å². The SMILES string of the molecule is COC[C@H](O)Cn1cc(-c2cccc(C(=O)NCc3ccc(C(=O)O)c(C)c3)c2)nn1. The Labute approximate surface area is 179 Å². The Morgan fingerprint density at radius 1 is 1.23 bits per heavy atom. The van der Waals surface area contributed by atoms with E-state index in [1.807, 2.05) is 6.07 Å². The molecule has 0 spiro atoms. The molecular weight excluding hydrogens is 400 g/mol. The Kier molecular flexibility index (Phi) is 7.11. The van der Waals surface area contributed by atoms with Gasteiger partial charge in [-0.2, -0.15) is 0 Å². The smallest absolute Gasteiger partial charge is 0.335 e. The molecule has 0 radical (unpaired) electrons. The van der Waals surface area contributed by atoms with Gasteiger partial charge in [0.15, 0.2) is 0 Å². The maximum absolute atomic E-state index is 12.6. The van der Waals surface area contributed by atoms with Gasteiger partial charge in [-0.15, -0.1) is 5.10 Å². The summed E-state index contributed by atoms with van der Waals surface area (Å²) in [6.07, 6.45) is 1.01. The fourth-order valence-corrected chi connectivity index (χ4v) is 3.16. The van der Waals surface area contributed by atoms with Gasteiger partial charge < -0.3 is 20.3 Å². The van der Waals surface area contributed by atoms with E-state index in [1.54, 1.807) is 43.5 Å². The number of methoxy groups -OCH3 is 1. The lowest BCUT2D eigenvalue weighted by molar-refractivity contribution is 0.0510. The van der Waals surface area contributed by atoms with Crippen molar-refractivity contribution in [1.29, 1.82) is 0 Å². The van der Waals surface area contributed by atoms with Crippen molar-refractivity contribution in [2.45, 2.75) is 26.1 Å². The van der Waals surface area contributed by atoms with Gasteiger partial charge in [0.2, 0.25) is 0 Å². The molecule has 1 atom stereocenters. The van der Waals surface area contributed by atoms with Crippen molar-refractivity contribution in [2.75, 3.05) is 13.7 Å². The molecule has 0 fully saturated rings. The highest BCUT2D eigenvalue weighted by atomic mass is 16.5. The van der Waals surface area contributed by atoms with Crippen molar-refractivity contribution < 1.29 is 24.5 Å². The number of carbonyl (C=O) groups excluding carboxylic acids is 1. The summed E-state index contributed by atoms with van der Waals surface area (Å²) < 4.78 is 6.43. The number of aliphatic hydroxyl groups excluding tert-OH is 1. The first-order valence-corrected chi connectivity index (χ1v) is 9.66. The summed E-state index contributed by atoms with van der Waals surface area (Å²) >= 11 is 0. The highest BCUT2D eigenvalue weighted by Crippen LogP contribution is 2.18. The van der Waals surface area contributed by atoms with Crippen molar-refractivity contribution in [3.8, 4) is 11.3 Å². The van der Waals surface area contributed by atoms with E-state index >= 15 is 0 Å². The van der Waals surface area contributed by atoms with Crippen LogP contribution < -0.4 is 5.32 Å². The molecule has 0 aliphatic heterocycles. The zero-order valence-corrected chi connectivity index (χ0v) is 17.3. The standard InChI is InChI=1S/C22H24N4O5/c1-14-8-15(6-7-19(14)22(29)30)10-23-21(28)17-5-3-4-16(9-17)20-12-26(25-24-20)11-18(27)13-31-2/h3-9,12,18,27H,10-11,13H2,1-2H3,(H,23,28)(H,29,30)/t18-/m1/s1. The molecular formula is C22H24N4O5. The normalized spacial score (nSPS) is 11.8. The molecule has 9 heteroatoms. The van der Waals surface area contributed by atoms with Gasteiger partial charge >= 0.3 is 5.97 Å². The van der Waals surface area contributed by atoms with Crippen LogP contribution in [-0.4, -0.2) is 56.9 Å². The number of rotatable bonds is 9. The summed E-state index contributed by atoms with van der Waals surface area (Å²) in [5.74, 6) is -1.24. The van der Waals surface area contributed by atoms with Gasteiger partial charge in [-0.1, -0.05) is 29.5 Å². The first-order chi connectivity index (χ1) is 14.9. The number of aryl methyl sites for hydroxylation is 1. The van der Waals surface area contributed by atoms with Crippen molar-refractivity contribution in [3.63, 3.8) is 0 Å². The second-order valence-corrected chi connectivity index (χ2v) is 7.15. The van der Waals surface area contributed by atoms with Crippen LogP contribution in [0, 0.1) is 6.92 Å². The summed E-state index contributed by atoms with van der Waals surface area (Å²) in [5.41, 5.74) is 3.46. The van der Waals surface area contributed by atoms with E-state index < -0.39 is 12.1 Å². The van der Waals surface area contributed by atoms with Crippen molar-refractivity contribution >= 4 is 11.9 Å². The van der Waals surface area contributed by atoms with Gasteiger partial charge in [-0.3, -0.25) is 4.79 Å². The van der Waals surface area contributed by atoms with E-state index in [9.17, 15) is 14.7 Å². The van der Waals surface area contributed by atoms with E-state index in [0.29, 0.717) is 16.8 Å². The second kappa shape index (κ2) is 9.96. The Bertz CT molecular complexity index is 1080. The number of benzene rings is 2. The maximum Gasteiger partial charge on any atom is 0.335 e. The van der Waals surface area contributed by atoms with Crippen molar-refractivity contribution in [2.24, 2.45) is 0 Å². The monoisotopic (exact) mass is 424 g/mol. The molecule has 1 amide bonds. The maximum atomic E-state index is 12.6. The first kappa shape index (κ1) is 22.1. The molecule has 3 rings (SSSR count). The lowest BCUT2D eigenvalue weighted by Crippen LogP contribution is -2.23. The third-order valence-electron chi connectivity index (χ3n) is 4.69. The predicted octanol–water partition coefficient (Wildman–Crippen LogP) is 1.89. The molecule has 9 nitrogen and oxygen atoms in total. The number of nitrogens with zero attached hydrogens (tertiary/aromatic N) is 3. The zero-order chi connectivity index (χ0) is 22.4. The topological polar surface area (TPSA) is 127 Å². The number of aliphatic hydroxyl groups is 1. The lowest BCUT2D eigenvalue weighted by atomic mass is 10.0. The molecule has 0 saturated heterocycles. The summed E-state index contributed by atoms with van der Waals surface area (Å²) in [6, 6.07) is 12.0. The van der Waals surface area contributed by atoms with Crippen LogP contribution in [0.15, 0.2) is 48.7 Å². The van der Waals surface area contributed by atoms with Gasteiger partial charge in [-0.05, 0) is 36.2 Å². The average Bonchev–Trinajstić information content (AvgIpc) is 3.20. The number of aromatic carboxylic acids is 1. The summed E-state index contributed by atoms with van der Waals surface area (Å²) in [5, 5.41) is 29.9. The van der Waals surface area contributed by atoms with Crippen molar-refractivity contribution in [1.82, 2.24) is 20.3 Å². The third kappa shape index (κ3) is 5.74. The molecule has 1 aromatic heterocycles. The van der Waals surface area contributed by atoms with Crippen molar-refractivity contribution in [3.05, 3.63) is 70.9 Å². The quantitative estimate of drug-likeness (QED) is 0.479. The predicted molar refractivity (Wildman–Crippen MR) is 113 cm³/mol. The molecule has 3 N–H and O–H groups in total. The fraction of sp³-hybridized carbons (Fsp3) is 0.273. The molecule has 1 heterocycles. The van der Waals surface area contributed by atoms with Crippen LogP contribution in [0.25, 0.3) is 11.3 Å². The Hall–Kier alpha value is -3.56. The summed E-state index contributed by atoms with van der Waals surface area (Å²) in [6.45, 7) is 2.45. The average molecular weight is 424 g/mol. The van der Waals surface area contributed by atoms with Crippen LogP contribution >= 0.6 is 0 Å². The number of ether oxygens (including phenoxy) is 1. The molecule has 0 aliphatic carbocycles. The molecule has 2 aromatic carbocycles. The molecule has 0 bridgehead atoms. The lowest BCUT2D eigenvalue weighted by Gasteiger charge is -2.09. The van der Waals surface area contributed by atoms with Crippen LogP contribution in [0.4, 0.5) is 0 Å². The largest absolute Gasteiger partial charge is 0.478 e. The molecule has 3 aromatic rings. The van der Waals surface area contributed by atoms with Gasteiger partial charge in [0, 0.05) is 24.8 Å². The molecule has 0 saturated carbocycles. The molecule has 162 valence electrons. The van der Waals surface area contributed by atoms with Crippen LogP contribution in [0.5, 0.6) is 0 Å². The minimum absolute atomic E-state index is 0.198. The first-order valence-electron chi connectivity index (χ1n) is 9.66. The van der Waals surface area contributed by atoms with E-state index in [2.05, 4.69) is 15.6 Å². The Morgan fingerprint density at radius 2 is 2.03 bits per heavy atom. The Morgan fingerprint density at radius 3 is 2.74 bits per heavy atom. The van der Waals surface area contributed by atoms with Gasteiger partial charge in [-0.25, -0.2) is 9.48 Å². The van der Waals surface area contributed by atoms with Gasteiger partial charge in [0.1, 0.15) is 5.69 Å². The number of carboxylic acid groups (broad SMARTS) is 1. The zero-order valence-electron chi connectivity index (χ0n) is 17.3. The minimum Gasteiger partial charge on any atom is -0.478 e. The number of carbonyl (C=O) groups is 2. The number of nitrogens with one attached hydrogen (secondary N) is 1. The van der Waals surface area contributed by atoms with E-state index in [1.165, 1.54) is 17.9 Å². The van der Waals surface area contributed by atoms with E-state index in [0.717, 1.165) is 11.1 Å². The van der Waals surface area contributed by atoms with Crippen LogP contribution in [0.2, 0.25) is 0 Å². The van der Waals surface area contributed by atoms with E-state index in [-0.39, 0.29) is 31.2 Å². The van der Waals surface area contributed by atoms with Gasteiger partial charge in [0.25, 0.3) is 5.91 Å². The van der Waals surface area contributed by atoms with E-state index in [4.69, 9.17) is 9.84 Å². The Balaban J connectivity index is 1.66. The second-order valence-electron chi connectivity index (χ2n) is 7.15. The molecule has 0 aliphatic rings. The highest BCUT2D eigenvalue weighted by Gasteiger charge is 2.12. The highest BCUT2D eigenvalue weighted by molar-refractivity contribution is 5.95. The number of hydrogen-bond acceptors (Lipinski definition) is 6. The van der Waals surface area contributed by atoms with Crippen LogP contribution in [-0.2, 0) is 17.8 Å².